The molecule has 3 N–H and O–H groups in total. The summed E-state index contributed by atoms with van der Waals surface area (Å²) in [5.74, 6) is -1.30. The third-order valence-corrected chi connectivity index (χ3v) is 14.4. The Labute approximate surface area is 368 Å². The molecule has 2 saturated heterocycles. The van der Waals surface area contributed by atoms with Crippen molar-refractivity contribution < 1.29 is 36.7 Å². The summed E-state index contributed by atoms with van der Waals surface area (Å²) in [4.78, 5) is 36.4. The summed E-state index contributed by atoms with van der Waals surface area (Å²) in [6.45, 7) is 5.07. The van der Waals surface area contributed by atoms with Gasteiger partial charge < -0.3 is 29.4 Å². The van der Waals surface area contributed by atoms with Crippen LogP contribution in [0.25, 0.3) is 16.6 Å². The Morgan fingerprint density at radius 2 is 1.89 bits per heavy atom. The lowest BCUT2D eigenvalue weighted by Crippen LogP contribution is -2.52. The number of rotatable bonds is 13. The van der Waals surface area contributed by atoms with E-state index in [1.165, 1.54) is 42.7 Å². The predicted molar refractivity (Wildman–Crippen MR) is 236 cm³/mol. The molecule has 2 aliphatic heterocycles. The zero-order valence-corrected chi connectivity index (χ0v) is 35.9. The summed E-state index contributed by atoms with van der Waals surface area (Å²) >= 11 is 6.18. The van der Waals surface area contributed by atoms with E-state index in [0.717, 1.165) is 61.7 Å². The normalized spacial score (nSPS) is 21.7. The number of H-pyrrole nitrogens is 1. The van der Waals surface area contributed by atoms with Crippen LogP contribution in [0.1, 0.15) is 48.0 Å². The predicted octanol–water partition coefficient (Wildman–Crippen LogP) is 7.79. The van der Waals surface area contributed by atoms with Crippen LogP contribution in [0.5, 0.6) is 11.5 Å². The summed E-state index contributed by atoms with van der Waals surface area (Å²) in [5.41, 5.74) is 2.92. The average Bonchev–Trinajstić information content (AvgIpc) is 3.76. The first-order chi connectivity index (χ1) is 30.4. The van der Waals surface area contributed by atoms with Crippen molar-refractivity contribution in [2.24, 2.45) is 11.3 Å². The number of carbonyl (C=O) groups is 1. The number of pyridine rings is 1. The maximum absolute atomic E-state index is 15.4. The van der Waals surface area contributed by atoms with E-state index in [2.05, 4.69) is 43.3 Å². The van der Waals surface area contributed by atoms with E-state index >= 15 is 4.39 Å². The molecule has 15 nitrogen and oxygen atoms in total. The Kier molecular flexibility index (Phi) is 12.1. The van der Waals surface area contributed by atoms with Crippen LogP contribution in [0.4, 0.5) is 21.5 Å². The largest absolute Gasteiger partial charge is 0.455 e. The van der Waals surface area contributed by atoms with Gasteiger partial charge in [-0.2, -0.15) is 0 Å². The fourth-order valence-corrected chi connectivity index (χ4v) is 10.4. The SMILES string of the molecule is O=C(NS(=O)(=O)c1cc(F)c(NC[C@H]2COCCO2)c([N+](=O)[O-])c1)c1ccc(N2CCN(C[C@H]3CC[C@]34CCC=C(c3ccc(Cl)cc3)C4)CC2)cc1Oc1cnc2[nH]ccc2c1. The van der Waals surface area contributed by atoms with Crippen LogP contribution in [0, 0.1) is 27.3 Å². The lowest BCUT2D eigenvalue weighted by Gasteiger charge is -2.54. The van der Waals surface area contributed by atoms with Crippen LogP contribution in [-0.4, -0.2) is 99.3 Å². The maximum atomic E-state index is 15.4. The number of sulfonamides is 1. The van der Waals surface area contributed by atoms with Gasteiger partial charge in [0.25, 0.3) is 21.6 Å². The standard InChI is InChI=1S/C45H47ClFN7O8S/c46-33-5-3-29(4-6-33)31-2-1-11-45(24-31)12-9-32(45)27-52-14-16-53(17-15-52)34-7-8-38(41(21-34)62-35-20-30-10-13-48-43(30)50-25-35)44(55)51-63(58,59)37-22-39(47)42(40(23-37)54(56)57)49-26-36-28-60-18-19-61-36/h2-8,10,13,20-23,25,32,36,49H,1,9,11-12,14-19,24,26-28H2,(H,48,50)(H,51,55)/t32-,36+,45+/m1/s1. The van der Waals surface area contributed by atoms with E-state index < -0.39 is 49.0 Å². The first kappa shape index (κ1) is 42.7. The molecular formula is C45H47ClFN7O8S. The van der Waals surface area contributed by atoms with Crippen LogP contribution >= 0.6 is 11.6 Å². The number of piperazine rings is 1. The molecule has 63 heavy (non-hydrogen) atoms. The van der Waals surface area contributed by atoms with Gasteiger partial charge in [0.15, 0.2) is 5.82 Å². The molecule has 1 spiro atoms. The number of nitrogens with one attached hydrogen (secondary N) is 3. The number of hydrogen-bond donors (Lipinski definition) is 3. The van der Waals surface area contributed by atoms with Gasteiger partial charge in [-0.15, -0.1) is 0 Å². The molecule has 1 saturated carbocycles. The molecular weight excluding hydrogens is 853 g/mol. The van der Waals surface area contributed by atoms with Gasteiger partial charge in [-0.25, -0.2) is 22.5 Å². The van der Waals surface area contributed by atoms with Crippen molar-refractivity contribution in [1.29, 1.82) is 0 Å². The zero-order chi connectivity index (χ0) is 43.7. The van der Waals surface area contributed by atoms with E-state index in [0.29, 0.717) is 48.1 Å². The fraction of sp³-hybridized carbons (Fsp3) is 0.378. The van der Waals surface area contributed by atoms with Crippen LogP contribution in [0.2, 0.25) is 5.02 Å². The van der Waals surface area contributed by atoms with Crippen molar-refractivity contribution in [1.82, 2.24) is 19.6 Å². The smallest absolute Gasteiger partial charge is 0.296 e. The number of aromatic amines is 1. The van der Waals surface area contributed by atoms with E-state index in [-0.39, 0.29) is 24.5 Å². The molecule has 0 unspecified atom stereocenters. The summed E-state index contributed by atoms with van der Waals surface area (Å²) in [6.07, 6.45) is 11.0. The minimum atomic E-state index is -4.84. The number of nitro benzene ring substituents is 1. The first-order valence-corrected chi connectivity index (χ1v) is 22.9. The first-order valence-electron chi connectivity index (χ1n) is 21.1. The molecule has 0 radical (unpaired) electrons. The average molecular weight is 900 g/mol. The minimum absolute atomic E-state index is 0.0200. The maximum Gasteiger partial charge on any atom is 0.296 e. The number of benzene rings is 3. The highest BCUT2D eigenvalue weighted by atomic mass is 35.5. The third-order valence-electron chi connectivity index (χ3n) is 12.8. The number of ether oxygens (including phenoxy) is 3. The highest BCUT2D eigenvalue weighted by molar-refractivity contribution is 7.90. The number of halogens is 2. The highest BCUT2D eigenvalue weighted by Crippen LogP contribution is 2.57. The van der Waals surface area contributed by atoms with E-state index in [1.807, 2.05) is 22.9 Å². The van der Waals surface area contributed by atoms with E-state index in [4.69, 9.17) is 25.8 Å². The van der Waals surface area contributed by atoms with Gasteiger partial charge in [-0.1, -0.05) is 29.8 Å². The molecule has 2 aliphatic carbocycles. The lowest BCUT2D eigenvalue weighted by molar-refractivity contribution is -0.384. The molecule has 3 fully saturated rings. The summed E-state index contributed by atoms with van der Waals surface area (Å²) in [6, 6.07) is 17.9. The molecule has 2 aromatic heterocycles. The van der Waals surface area contributed by atoms with Crippen LogP contribution < -0.4 is 19.7 Å². The number of allylic oxidation sites excluding steroid dienone is 2. The summed E-state index contributed by atoms with van der Waals surface area (Å²) in [7, 11) is -4.84. The molecule has 18 heteroatoms. The molecule has 3 aromatic carbocycles. The Balaban J connectivity index is 0.901. The topological polar surface area (TPSA) is 181 Å². The van der Waals surface area contributed by atoms with Gasteiger partial charge in [0, 0.05) is 73.7 Å². The molecule has 330 valence electrons. The van der Waals surface area contributed by atoms with Gasteiger partial charge in [0.1, 0.15) is 22.8 Å². The Hall–Kier alpha value is -5.59. The summed E-state index contributed by atoms with van der Waals surface area (Å²) in [5, 5.41) is 16.2. The second-order valence-electron chi connectivity index (χ2n) is 16.6. The third kappa shape index (κ3) is 9.24. The molecule has 4 aliphatic rings. The number of nitrogens with zero attached hydrogens (tertiary/aromatic N) is 4. The van der Waals surface area contributed by atoms with Crippen molar-refractivity contribution >= 4 is 61.2 Å². The summed E-state index contributed by atoms with van der Waals surface area (Å²) < 4.78 is 61.8. The van der Waals surface area contributed by atoms with Gasteiger partial charge in [0.2, 0.25) is 0 Å². The van der Waals surface area contributed by atoms with E-state index in [9.17, 15) is 23.3 Å². The Bertz CT molecular complexity index is 2670. The quantitative estimate of drug-likeness (QED) is 0.0773. The van der Waals surface area contributed by atoms with Gasteiger partial charge in [-0.3, -0.25) is 19.8 Å². The molecule has 9 rings (SSSR count). The lowest BCUT2D eigenvalue weighted by atomic mass is 9.53. The molecule has 5 aromatic rings. The molecule has 0 bridgehead atoms. The van der Waals surface area contributed by atoms with Crippen LogP contribution in [0.15, 0.2) is 90.1 Å². The number of anilines is 2. The number of aromatic nitrogens is 2. The van der Waals surface area contributed by atoms with Crippen LogP contribution in [-0.2, 0) is 19.5 Å². The van der Waals surface area contributed by atoms with Gasteiger partial charge in [-0.05, 0) is 97.0 Å². The van der Waals surface area contributed by atoms with Crippen molar-refractivity contribution in [3.63, 3.8) is 0 Å². The van der Waals surface area contributed by atoms with Crippen molar-refractivity contribution in [3.05, 3.63) is 117 Å². The van der Waals surface area contributed by atoms with Crippen LogP contribution in [0.3, 0.4) is 0 Å². The minimum Gasteiger partial charge on any atom is -0.455 e. The molecule has 3 atom stereocenters. The number of amides is 1. The number of fused-ring (bicyclic) bond motifs is 1. The Morgan fingerprint density at radius 3 is 2.63 bits per heavy atom. The number of carbonyl (C=O) groups excluding carboxylic acids is 1. The second-order valence-corrected chi connectivity index (χ2v) is 18.8. The fourth-order valence-electron chi connectivity index (χ4n) is 9.29. The highest BCUT2D eigenvalue weighted by Gasteiger charge is 2.48. The monoisotopic (exact) mass is 899 g/mol. The van der Waals surface area contributed by atoms with Gasteiger partial charge in [0.05, 0.1) is 47.5 Å². The number of hydrogen-bond acceptors (Lipinski definition) is 12. The zero-order valence-electron chi connectivity index (χ0n) is 34.4. The van der Waals surface area contributed by atoms with Gasteiger partial charge >= 0.3 is 0 Å². The number of nitro groups is 1. The molecule has 4 heterocycles. The van der Waals surface area contributed by atoms with Crippen molar-refractivity contribution in [3.8, 4) is 11.5 Å². The Morgan fingerprint density at radius 1 is 1.06 bits per heavy atom. The second kappa shape index (κ2) is 17.9. The van der Waals surface area contributed by atoms with E-state index in [1.54, 1.807) is 24.4 Å². The van der Waals surface area contributed by atoms with Crippen molar-refractivity contribution in [2.45, 2.75) is 43.1 Å². The van der Waals surface area contributed by atoms with Crippen molar-refractivity contribution in [2.75, 3.05) is 69.3 Å². The molecule has 1 amide bonds.